The summed E-state index contributed by atoms with van der Waals surface area (Å²) in [6.07, 6.45) is 0. The van der Waals surface area contributed by atoms with Crippen molar-refractivity contribution < 1.29 is 0 Å². The first-order chi connectivity index (χ1) is 2.64. The predicted molar refractivity (Wildman–Crippen MR) is 34.2 cm³/mol. The van der Waals surface area contributed by atoms with Crippen molar-refractivity contribution in [3.05, 3.63) is 5.54 Å². The molecule has 0 aromatic carbocycles. The summed E-state index contributed by atoms with van der Waals surface area (Å²) >= 11 is 5.61. The molecule has 0 fully saturated rings. The van der Waals surface area contributed by atoms with E-state index in [-0.39, 0.29) is 0 Å². The van der Waals surface area contributed by atoms with Gasteiger partial charge in [-0.05, 0) is 12.5 Å². The molecule has 0 saturated heterocycles. The van der Waals surface area contributed by atoms with Gasteiger partial charge in [0.05, 0.1) is 0 Å². The highest BCUT2D eigenvalue weighted by Crippen LogP contribution is 2.04. The molecule has 1 unspecified atom stereocenters. The number of hydrogen-bond acceptors (Lipinski definition) is 0. The lowest BCUT2D eigenvalue weighted by molar-refractivity contribution is 1.06. The first kappa shape index (κ1) is 6.51. The number of rotatable bonds is 1. The van der Waals surface area contributed by atoms with Crippen molar-refractivity contribution in [2.75, 3.05) is 0 Å². The molecule has 0 spiro atoms. The highest BCUT2D eigenvalue weighted by Gasteiger charge is 1.99. The van der Waals surface area contributed by atoms with Crippen LogP contribution in [-0.4, -0.2) is 15.6 Å². The standard InChI is InChI=1S/C4H10ClSi/c1-3(5)4(2)6/h3H,1-2,6H3. The Kier molecular flexibility index (Phi) is 2.87. The lowest BCUT2D eigenvalue weighted by Crippen LogP contribution is -2.01. The zero-order valence-corrected chi connectivity index (χ0v) is 7.21. The quantitative estimate of drug-likeness (QED) is 0.351. The van der Waals surface area contributed by atoms with Gasteiger partial charge in [-0.2, -0.15) is 0 Å². The monoisotopic (exact) mass is 121 g/mol. The van der Waals surface area contributed by atoms with Gasteiger partial charge in [0.1, 0.15) is 0 Å². The fraction of sp³-hybridized carbons (Fsp3) is 0.750. The lowest BCUT2D eigenvalue weighted by atomic mass is 10.4. The van der Waals surface area contributed by atoms with E-state index in [4.69, 9.17) is 11.6 Å². The van der Waals surface area contributed by atoms with E-state index in [1.54, 1.807) is 0 Å². The summed E-state index contributed by atoms with van der Waals surface area (Å²) in [6, 6.07) is 0. The first-order valence-electron chi connectivity index (χ1n) is 2.08. The Morgan fingerprint density at radius 3 is 2.00 bits per heavy atom. The Morgan fingerprint density at radius 2 is 2.00 bits per heavy atom. The van der Waals surface area contributed by atoms with Crippen LogP contribution in [-0.2, 0) is 0 Å². The average molecular weight is 122 g/mol. The van der Waals surface area contributed by atoms with Crippen LogP contribution in [0.3, 0.4) is 0 Å². The molecular weight excluding hydrogens is 112 g/mol. The van der Waals surface area contributed by atoms with E-state index in [1.807, 2.05) is 6.92 Å². The molecule has 0 amide bonds. The topological polar surface area (TPSA) is 0 Å². The zero-order chi connectivity index (χ0) is 5.15. The molecule has 37 valence electrons. The van der Waals surface area contributed by atoms with Crippen LogP contribution in [0.1, 0.15) is 13.8 Å². The highest BCUT2D eigenvalue weighted by molar-refractivity contribution is 6.30. The SMILES string of the molecule is C[C]([SiH3])C(C)Cl. The third-order valence-electron chi connectivity index (χ3n) is 0.796. The molecule has 0 saturated carbocycles. The van der Waals surface area contributed by atoms with Crippen LogP contribution < -0.4 is 0 Å². The Hall–Kier alpha value is 0.507. The van der Waals surface area contributed by atoms with Crippen molar-refractivity contribution in [3.63, 3.8) is 0 Å². The smallest absolute Gasteiger partial charge is 0.0331 e. The van der Waals surface area contributed by atoms with Crippen molar-refractivity contribution in [1.29, 1.82) is 0 Å². The molecule has 0 rings (SSSR count). The molecule has 6 heavy (non-hydrogen) atoms. The summed E-state index contributed by atoms with van der Waals surface area (Å²) in [4.78, 5) is 0. The number of halogens is 1. The molecule has 2 heteroatoms. The summed E-state index contributed by atoms with van der Waals surface area (Å²) < 4.78 is 0. The summed E-state index contributed by atoms with van der Waals surface area (Å²) in [5.74, 6) is 0. The van der Waals surface area contributed by atoms with Gasteiger partial charge in [-0.1, -0.05) is 6.92 Å². The molecular formula is C4H10ClSi. The normalized spacial score (nSPS) is 16.0. The maximum atomic E-state index is 5.61. The fourth-order valence-corrected chi connectivity index (χ4v) is 0. The van der Waals surface area contributed by atoms with Gasteiger partial charge in [-0.3, -0.25) is 0 Å². The van der Waals surface area contributed by atoms with Crippen LogP contribution in [0, 0.1) is 5.54 Å². The molecule has 1 radical (unpaired) electrons. The molecule has 0 aliphatic heterocycles. The van der Waals surface area contributed by atoms with Crippen molar-refractivity contribution in [2.45, 2.75) is 19.2 Å². The number of hydrogen-bond donors (Lipinski definition) is 0. The molecule has 0 aromatic rings. The van der Waals surface area contributed by atoms with Crippen LogP contribution in [0.2, 0.25) is 0 Å². The van der Waals surface area contributed by atoms with Crippen LogP contribution in [0.5, 0.6) is 0 Å². The second-order valence-electron chi connectivity index (χ2n) is 1.69. The van der Waals surface area contributed by atoms with Crippen molar-refractivity contribution in [1.82, 2.24) is 0 Å². The van der Waals surface area contributed by atoms with Gasteiger partial charge in [0.2, 0.25) is 0 Å². The van der Waals surface area contributed by atoms with Gasteiger partial charge in [-0.15, -0.1) is 11.6 Å². The molecule has 0 N–H and O–H groups in total. The van der Waals surface area contributed by atoms with Crippen molar-refractivity contribution >= 4 is 21.8 Å². The van der Waals surface area contributed by atoms with Gasteiger partial charge in [0.15, 0.2) is 0 Å². The molecule has 1 atom stereocenters. The fourth-order valence-electron chi connectivity index (χ4n) is 0. The van der Waals surface area contributed by atoms with E-state index in [9.17, 15) is 0 Å². The van der Waals surface area contributed by atoms with E-state index >= 15 is 0 Å². The average Bonchev–Trinajstić information content (AvgIpc) is 1.36. The van der Waals surface area contributed by atoms with Gasteiger partial charge < -0.3 is 0 Å². The molecule has 0 nitrogen and oxygen atoms in total. The lowest BCUT2D eigenvalue weighted by Gasteiger charge is -2.02. The van der Waals surface area contributed by atoms with E-state index in [0.717, 1.165) is 10.2 Å². The summed E-state index contributed by atoms with van der Waals surface area (Å²) in [5.41, 5.74) is 1.41. The first-order valence-corrected chi connectivity index (χ1v) is 3.52. The highest BCUT2D eigenvalue weighted by atomic mass is 35.5. The van der Waals surface area contributed by atoms with E-state index in [1.165, 1.54) is 5.54 Å². The molecule has 0 bridgehead atoms. The molecule has 0 aliphatic rings. The maximum absolute atomic E-state index is 5.61. The van der Waals surface area contributed by atoms with E-state index in [0.29, 0.717) is 5.38 Å². The second-order valence-corrected chi connectivity index (χ2v) is 3.93. The Balaban J connectivity index is 2.99. The van der Waals surface area contributed by atoms with Crippen LogP contribution in [0.15, 0.2) is 0 Å². The van der Waals surface area contributed by atoms with E-state index in [2.05, 4.69) is 6.92 Å². The second kappa shape index (κ2) is 2.64. The van der Waals surface area contributed by atoms with Gasteiger partial charge in [0, 0.05) is 15.6 Å². The summed E-state index contributed by atoms with van der Waals surface area (Å²) in [7, 11) is 1.14. The van der Waals surface area contributed by atoms with Crippen molar-refractivity contribution in [2.24, 2.45) is 0 Å². The molecule has 0 aliphatic carbocycles. The van der Waals surface area contributed by atoms with Crippen LogP contribution in [0.25, 0.3) is 0 Å². The largest absolute Gasteiger partial charge is 0.123 e. The Morgan fingerprint density at radius 1 is 1.83 bits per heavy atom. The van der Waals surface area contributed by atoms with Gasteiger partial charge in [-0.25, -0.2) is 0 Å². The minimum atomic E-state index is 0.302. The third-order valence-corrected chi connectivity index (χ3v) is 2.46. The minimum Gasteiger partial charge on any atom is -0.123 e. The zero-order valence-electron chi connectivity index (χ0n) is 4.46. The number of alkyl halides is 1. The third kappa shape index (κ3) is 2.73. The van der Waals surface area contributed by atoms with Crippen LogP contribution >= 0.6 is 11.6 Å². The van der Waals surface area contributed by atoms with Crippen molar-refractivity contribution in [3.8, 4) is 0 Å². The Labute approximate surface area is 47.3 Å². The van der Waals surface area contributed by atoms with Gasteiger partial charge in [0.25, 0.3) is 0 Å². The maximum Gasteiger partial charge on any atom is 0.0331 e. The molecule has 0 heterocycles. The predicted octanol–water partition coefficient (Wildman–Crippen LogP) is 0.531. The Bertz CT molecular complexity index is 28.5. The minimum absolute atomic E-state index is 0.302. The summed E-state index contributed by atoms with van der Waals surface area (Å²) in [6.45, 7) is 4.09. The summed E-state index contributed by atoms with van der Waals surface area (Å²) in [5, 5.41) is 0.302. The van der Waals surface area contributed by atoms with E-state index < -0.39 is 0 Å². The van der Waals surface area contributed by atoms with Crippen LogP contribution in [0.4, 0.5) is 0 Å². The molecule has 0 aromatic heterocycles. The van der Waals surface area contributed by atoms with Gasteiger partial charge >= 0.3 is 0 Å².